The van der Waals surface area contributed by atoms with E-state index in [1.165, 1.54) is 63.4 Å². The van der Waals surface area contributed by atoms with Gasteiger partial charge in [0.2, 0.25) is 0 Å². The van der Waals surface area contributed by atoms with E-state index in [2.05, 4.69) is 11.9 Å². The number of hydrogen-bond donors (Lipinski definition) is 1. The Morgan fingerprint density at radius 3 is 2.50 bits per heavy atom. The molecule has 0 amide bonds. The molecule has 3 nitrogen and oxygen atoms in total. The second-order valence-electron chi connectivity index (χ2n) is 6.57. The van der Waals surface area contributed by atoms with Gasteiger partial charge in [-0.15, -0.1) is 0 Å². The smallest absolute Gasteiger partial charge is 0.364 e. The first kappa shape index (κ1) is 21.0. The normalized spacial score (nSPS) is 14.7. The minimum absolute atomic E-state index is 0.664. The number of carbonyl (C=O) groups is 1. The zero-order valence-electron chi connectivity index (χ0n) is 15.1. The Labute approximate surface area is 151 Å². The van der Waals surface area contributed by atoms with Crippen molar-refractivity contribution in [2.24, 2.45) is 5.92 Å². The maximum absolute atomic E-state index is 10.2. The molecule has 136 valence electrons. The van der Waals surface area contributed by atoms with Crippen molar-refractivity contribution in [3.63, 3.8) is 0 Å². The number of pyridine rings is 1. The van der Waals surface area contributed by atoms with Crippen molar-refractivity contribution in [2.75, 3.05) is 5.75 Å². The predicted octanol–water partition coefficient (Wildman–Crippen LogP) is 6.57. The number of nitrogens with zero attached hydrogens (tertiary/aromatic N) is 1. The van der Waals surface area contributed by atoms with E-state index in [9.17, 15) is 4.79 Å². The van der Waals surface area contributed by atoms with Crippen molar-refractivity contribution < 1.29 is 9.90 Å². The molecular weight excluding hydrogens is 318 g/mol. The molecule has 0 unspecified atom stereocenters. The van der Waals surface area contributed by atoms with E-state index in [-0.39, 0.29) is 0 Å². The van der Waals surface area contributed by atoms with Gasteiger partial charge in [-0.25, -0.2) is 4.79 Å². The van der Waals surface area contributed by atoms with Crippen LogP contribution in [0.5, 0.6) is 0 Å². The third-order valence-corrected chi connectivity index (χ3v) is 5.27. The highest BCUT2D eigenvalue weighted by Gasteiger charge is 2.11. The molecule has 0 aliphatic heterocycles. The van der Waals surface area contributed by atoms with Crippen LogP contribution >= 0.6 is 11.8 Å². The monoisotopic (exact) mass is 351 g/mol. The predicted molar refractivity (Wildman–Crippen MR) is 104 cm³/mol. The minimum Gasteiger partial charge on any atom is -0.473 e. The summed E-state index contributed by atoms with van der Waals surface area (Å²) in [4.78, 5) is 14.1. The van der Waals surface area contributed by atoms with Crippen LogP contribution in [0.4, 0.5) is 4.79 Å². The average Bonchev–Trinajstić information content (AvgIpc) is 2.61. The number of hydrogen-bond acceptors (Lipinski definition) is 3. The van der Waals surface area contributed by atoms with Crippen molar-refractivity contribution in [3.8, 4) is 0 Å². The molecule has 1 aliphatic carbocycles. The van der Waals surface area contributed by atoms with E-state index in [4.69, 9.17) is 5.11 Å². The van der Waals surface area contributed by atoms with Gasteiger partial charge in [0.05, 0.1) is 0 Å². The highest BCUT2D eigenvalue weighted by molar-refractivity contribution is 8.13. The molecule has 1 N–H and O–H groups in total. The molecule has 1 aromatic rings. The van der Waals surface area contributed by atoms with E-state index in [0.717, 1.165) is 30.5 Å². The van der Waals surface area contributed by atoms with Gasteiger partial charge in [0.1, 0.15) is 0 Å². The zero-order chi connectivity index (χ0) is 17.5. The van der Waals surface area contributed by atoms with Gasteiger partial charge in [0.25, 0.3) is 0 Å². The molecule has 4 heteroatoms. The lowest BCUT2D eigenvalue weighted by Crippen LogP contribution is -2.05. The highest BCUT2D eigenvalue weighted by Crippen LogP contribution is 2.27. The Kier molecular flexibility index (Phi) is 12.5. The fourth-order valence-electron chi connectivity index (χ4n) is 3.14. The average molecular weight is 352 g/mol. The lowest BCUT2D eigenvalue weighted by atomic mass is 9.86. The Morgan fingerprint density at radius 2 is 1.88 bits per heavy atom. The summed E-state index contributed by atoms with van der Waals surface area (Å²) in [6.07, 6.45) is 18.7. The summed E-state index contributed by atoms with van der Waals surface area (Å²) < 4.78 is 0. The van der Waals surface area contributed by atoms with E-state index in [1.54, 1.807) is 12.4 Å². The van der Waals surface area contributed by atoms with Crippen LogP contribution < -0.4 is 0 Å². The summed E-state index contributed by atoms with van der Waals surface area (Å²) in [5.41, 5.74) is 1.21. The number of unbranched alkanes of at least 4 members (excludes halogenated alkanes) is 2. The van der Waals surface area contributed by atoms with Crippen molar-refractivity contribution in [3.05, 3.63) is 30.1 Å². The van der Waals surface area contributed by atoms with Crippen LogP contribution in [-0.4, -0.2) is 21.1 Å². The lowest BCUT2D eigenvalue weighted by molar-refractivity contribution is 0.222. The summed E-state index contributed by atoms with van der Waals surface area (Å²) in [7, 11) is 0. The minimum atomic E-state index is -0.797. The first-order chi connectivity index (χ1) is 11.7. The fraction of sp³-hybridized carbons (Fsp3) is 0.700. The molecule has 0 atom stereocenters. The number of thioether (sulfide) groups is 1. The third kappa shape index (κ3) is 11.5. The first-order valence-electron chi connectivity index (χ1n) is 9.47. The maximum atomic E-state index is 10.2. The van der Waals surface area contributed by atoms with Gasteiger partial charge < -0.3 is 5.11 Å². The first-order valence-corrected chi connectivity index (χ1v) is 10.5. The maximum Gasteiger partial charge on any atom is 0.364 e. The molecule has 24 heavy (non-hydrogen) atoms. The summed E-state index contributed by atoms with van der Waals surface area (Å²) in [6.45, 7) is 2.29. The van der Waals surface area contributed by atoms with Gasteiger partial charge >= 0.3 is 5.30 Å². The van der Waals surface area contributed by atoms with Crippen molar-refractivity contribution in [2.45, 2.75) is 77.6 Å². The molecule has 2 rings (SSSR count). The Balaban J connectivity index is 0.000000243. The van der Waals surface area contributed by atoms with Crippen molar-refractivity contribution >= 4 is 17.1 Å². The number of rotatable bonds is 8. The van der Waals surface area contributed by atoms with Gasteiger partial charge in [-0.1, -0.05) is 64.7 Å². The van der Waals surface area contributed by atoms with E-state index in [0.29, 0.717) is 5.75 Å². The number of aryl methyl sites for hydroxylation is 1. The van der Waals surface area contributed by atoms with Crippen LogP contribution in [0, 0.1) is 5.92 Å². The number of carboxylic acid groups (broad SMARTS) is 1. The summed E-state index contributed by atoms with van der Waals surface area (Å²) in [5.74, 6) is 1.77. The topological polar surface area (TPSA) is 50.2 Å². The van der Waals surface area contributed by atoms with Gasteiger partial charge in [-0.3, -0.25) is 4.98 Å². The van der Waals surface area contributed by atoms with Crippen LogP contribution in [0.25, 0.3) is 0 Å². The molecular formula is C20H33NO2S. The Hall–Kier alpha value is -1.03. The molecule has 1 saturated carbocycles. The van der Waals surface area contributed by atoms with Gasteiger partial charge in [0, 0.05) is 18.1 Å². The van der Waals surface area contributed by atoms with Crippen LogP contribution in [0.2, 0.25) is 0 Å². The summed E-state index contributed by atoms with van der Waals surface area (Å²) in [5, 5.41) is 7.57. The van der Waals surface area contributed by atoms with Gasteiger partial charge in [0.15, 0.2) is 0 Å². The second-order valence-corrected chi connectivity index (χ2v) is 7.62. The van der Waals surface area contributed by atoms with Gasteiger partial charge in [-0.05, 0) is 48.2 Å². The largest absolute Gasteiger partial charge is 0.473 e. The molecule has 1 aliphatic rings. The van der Waals surface area contributed by atoms with Crippen LogP contribution in [0.3, 0.4) is 0 Å². The Morgan fingerprint density at radius 1 is 1.17 bits per heavy atom. The second kappa shape index (κ2) is 14.3. The van der Waals surface area contributed by atoms with Crippen LogP contribution in [0.15, 0.2) is 24.5 Å². The van der Waals surface area contributed by atoms with Crippen LogP contribution in [0.1, 0.15) is 76.7 Å². The molecule has 1 heterocycles. The van der Waals surface area contributed by atoms with E-state index >= 15 is 0 Å². The van der Waals surface area contributed by atoms with Crippen molar-refractivity contribution in [1.29, 1.82) is 0 Å². The SMILES string of the molecule is CCCCCC1CCCCC1.O=C(O)SCCCc1ccncc1. The Bertz CT molecular complexity index is 419. The third-order valence-electron chi connectivity index (χ3n) is 4.53. The number of aromatic nitrogens is 1. The fourth-order valence-corrected chi connectivity index (χ4v) is 3.61. The summed E-state index contributed by atoms with van der Waals surface area (Å²) in [6, 6.07) is 3.90. The molecule has 0 spiro atoms. The van der Waals surface area contributed by atoms with Crippen LogP contribution in [-0.2, 0) is 6.42 Å². The van der Waals surface area contributed by atoms with E-state index < -0.39 is 5.30 Å². The molecule has 1 aromatic heterocycles. The van der Waals surface area contributed by atoms with E-state index in [1.807, 2.05) is 12.1 Å². The molecule has 1 fully saturated rings. The molecule has 0 saturated heterocycles. The quantitative estimate of drug-likeness (QED) is 0.538. The standard InChI is InChI=1S/C11H22.C9H11NO2S/c1-2-3-5-8-11-9-6-4-7-10-11;11-9(12)13-7-1-2-8-3-5-10-6-4-8/h11H,2-10H2,1H3;3-6H,1-2,7H2,(H,11,12). The van der Waals surface area contributed by atoms with Gasteiger partial charge in [-0.2, -0.15) is 0 Å². The summed E-state index contributed by atoms with van der Waals surface area (Å²) >= 11 is 0.952. The van der Waals surface area contributed by atoms with Crippen molar-refractivity contribution in [1.82, 2.24) is 4.98 Å². The molecule has 0 radical (unpaired) electrons. The zero-order valence-corrected chi connectivity index (χ0v) is 15.9. The highest BCUT2D eigenvalue weighted by atomic mass is 32.2. The molecule has 0 aromatic carbocycles. The lowest BCUT2D eigenvalue weighted by Gasteiger charge is -2.20. The molecule has 0 bridgehead atoms.